The molecule has 1 aliphatic heterocycles. The lowest BCUT2D eigenvalue weighted by Gasteiger charge is -2.24. The van der Waals surface area contributed by atoms with E-state index in [1.165, 1.54) is 4.90 Å². The number of aliphatic hydroxyl groups is 2. The number of ketones is 1. The van der Waals surface area contributed by atoms with E-state index in [4.69, 9.17) is 11.6 Å². The summed E-state index contributed by atoms with van der Waals surface area (Å²) in [6.07, 6.45) is 0. The molecule has 1 heterocycles. The van der Waals surface area contributed by atoms with E-state index in [0.29, 0.717) is 16.1 Å². The minimum atomic E-state index is -0.789. The second-order valence-electron chi connectivity index (χ2n) is 5.77. The minimum absolute atomic E-state index is 0.00639. The van der Waals surface area contributed by atoms with Crippen LogP contribution in [0.3, 0.4) is 0 Å². The van der Waals surface area contributed by atoms with Crippen LogP contribution < -0.4 is 0 Å². The van der Waals surface area contributed by atoms with Gasteiger partial charge in [-0.1, -0.05) is 51.8 Å². The van der Waals surface area contributed by atoms with Gasteiger partial charge in [0.2, 0.25) is 0 Å². The number of likely N-dealkylation sites (tertiary alicyclic amines) is 1. The first kappa shape index (κ1) is 18.6. The van der Waals surface area contributed by atoms with Crippen molar-refractivity contribution in [3.05, 3.63) is 74.7 Å². The van der Waals surface area contributed by atoms with Crippen molar-refractivity contribution in [1.82, 2.24) is 4.90 Å². The van der Waals surface area contributed by atoms with Gasteiger partial charge in [0, 0.05) is 21.6 Å². The Morgan fingerprint density at radius 2 is 1.69 bits per heavy atom. The molecule has 7 heteroatoms. The summed E-state index contributed by atoms with van der Waals surface area (Å²) in [5, 5.41) is 20.6. The molecule has 5 nitrogen and oxygen atoms in total. The Kier molecular flexibility index (Phi) is 5.46. The Morgan fingerprint density at radius 1 is 1.08 bits per heavy atom. The van der Waals surface area contributed by atoms with E-state index in [0.717, 1.165) is 4.47 Å². The number of β-amino-alcohol motifs (C(OH)–C–C–N with tert-alkyl or cyclic N) is 1. The molecule has 0 saturated carbocycles. The van der Waals surface area contributed by atoms with E-state index in [2.05, 4.69) is 15.9 Å². The fourth-order valence-corrected chi connectivity index (χ4v) is 3.36. The number of benzene rings is 2. The molecule has 3 rings (SSSR count). The summed E-state index contributed by atoms with van der Waals surface area (Å²) in [5.41, 5.74) is 1.04. The maximum Gasteiger partial charge on any atom is 0.295 e. The van der Waals surface area contributed by atoms with Crippen LogP contribution in [-0.4, -0.2) is 40.0 Å². The fraction of sp³-hybridized carbons (Fsp3) is 0.158. The number of amides is 1. The van der Waals surface area contributed by atoms with E-state index in [1.54, 1.807) is 48.5 Å². The first-order valence-electron chi connectivity index (χ1n) is 7.84. The number of Topliss-reactive ketones (excluding diaryl/α,β-unsaturated/α-hetero) is 1. The molecule has 2 aromatic carbocycles. The van der Waals surface area contributed by atoms with Crippen molar-refractivity contribution in [1.29, 1.82) is 0 Å². The van der Waals surface area contributed by atoms with Crippen LogP contribution in [0.15, 0.2) is 58.6 Å². The molecule has 134 valence electrons. The molecule has 26 heavy (non-hydrogen) atoms. The maximum atomic E-state index is 12.6. The van der Waals surface area contributed by atoms with Crippen LogP contribution >= 0.6 is 27.5 Å². The van der Waals surface area contributed by atoms with Gasteiger partial charge in [-0.3, -0.25) is 9.59 Å². The predicted octanol–water partition coefficient (Wildman–Crippen LogP) is 3.52. The standard InChI is InChI=1S/C19H15BrClNO4/c20-13-5-1-12(2-6-13)17(24)15-16(11-3-7-14(21)8-4-11)22(9-10-23)19(26)18(15)25/h1-8,16,23-24H,9-10H2/t16-/m1/s1. The van der Waals surface area contributed by atoms with Gasteiger partial charge >= 0.3 is 0 Å². The van der Waals surface area contributed by atoms with Crippen molar-refractivity contribution in [2.45, 2.75) is 6.04 Å². The van der Waals surface area contributed by atoms with Crippen molar-refractivity contribution in [2.75, 3.05) is 13.2 Å². The third-order valence-corrected chi connectivity index (χ3v) is 4.96. The van der Waals surface area contributed by atoms with E-state index >= 15 is 0 Å². The van der Waals surface area contributed by atoms with E-state index < -0.39 is 17.7 Å². The Balaban J connectivity index is 2.17. The van der Waals surface area contributed by atoms with Crippen molar-refractivity contribution in [3.8, 4) is 0 Å². The summed E-state index contributed by atoms with van der Waals surface area (Å²) < 4.78 is 0.823. The van der Waals surface area contributed by atoms with Crippen molar-refractivity contribution in [3.63, 3.8) is 0 Å². The normalized spacial score (nSPS) is 19.2. The monoisotopic (exact) mass is 435 g/mol. The maximum absolute atomic E-state index is 12.6. The first-order valence-corrected chi connectivity index (χ1v) is 9.02. The molecule has 0 aromatic heterocycles. The van der Waals surface area contributed by atoms with E-state index in [1.807, 2.05) is 0 Å². The van der Waals surface area contributed by atoms with E-state index in [9.17, 15) is 19.8 Å². The molecule has 2 aromatic rings. The topological polar surface area (TPSA) is 77.8 Å². The zero-order valence-corrected chi connectivity index (χ0v) is 15.9. The molecule has 1 fully saturated rings. The highest BCUT2D eigenvalue weighted by Gasteiger charge is 2.45. The quantitative estimate of drug-likeness (QED) is 0.437. The van der Waals surface area contributed by atoms with Crippen LogP contribution in [0.5, 0.6) is 0 Å². The molecule has 0 aliphatic carbocycles. The van der Waals surface area contributed by atoms with Crippen LogP contribution in [0, 0.1) is 0 Å². The lowest BCUT2D eigenvalue weighted by atomic mass is 9.95. The van der Waals surface area contributed by atoms with Crippen LogP contribution in [-0.2, 0) is 9.59 Å². The molecule has 0 bridgehead atoms. The van der Waals surface area contributed by atoms with Gasteiger partial charge in [0.25, 0.3) is 11.7 Å². The number of carbonyl (C=O) groups excluding carboxylic acids is 2. The van der Waals surface area contributed by atoms with Crippen molar-refractivity contribution in [2.24, 2.45) is 0 Å². The summed E-state index contributed by atoms with van der Waals surface area (Å²) >= 11 is 9.25. The summed E-state index contributed by atoms with van der Waals surface area (Å²) in [7, 11) is 0. The van der Waals surface area contributed by atoms with Gasteiger partial charge in [-0.25, -0.2) is 0 Å². The zero-order valence-electron chi connectivity index (χ0n) is 13.5. The number of rotatable bonds is 4. The second-order valence-corrected chi connectivity index (χ2v) is 7.13. The minimum Gasteiger partial charge on any atom is -0.507 e. The van der Waals surface area contributed by atoms with Crippen LogP contribution in [0.2, 0.25) is 5.02 Å². The molecular formula is C19H15BrClNO4. The fourth-order valence-electron chi connectivity index (χ4n) is 2.97. The summed E-state index contributed by atoms with van der Waals surface area (Å²) in [6, 6.07) is 12.7. The SMILES string of the molecule is O=C1C(=O)N(CCO)[C@H](c2ccc(Cl)cc2)C1=C(O)c1ccc(Br)cc1. The van der Waals surface area contributed by atoms with Gasteiger partial charge in [-0.05, 0) is 29.8 Å². The number of hydrogen-bond donors (Lipinski definition) is 2. The molecule has 1 aliphatic rings. The van der Waals surface area contributed by atoms with Gasteiger partial charge in [0.1, 0.15) is 5.76 Å². The number of nitrogens with zero attached hydrogens (tertiary/aromatic N) is 1. The van der Waals surface area contributed by atoms with Crippen LogP contribution in [0.1, 0.15) is 17.2 Å². The predicted molar refractivity (Wildman–Crippen MR) is 102 cm³/mol. The van der Waals surface area contributed by atoms with Gasteiger partial charge in [0.05, 0.1) is 18.2 Å². The highest BCUT2D eigenvalue weighted by molar-refractivity contribution is 9.10. The molecular weight excluding hydrogens is 422 g/mol. The summed E-state index contributed by atoms with van der Waals surface area (Å²) in [4.78, 5) is 26.3. The molecule has 2 N–H and O–H groups in total. The first-order chi connectivity index (χ1) is 12.4. The molecule has 1 atom stereocenters. The van der Waals surface area contributed by atoms with Gasteiger partial charge in [-0.2, -0.15) is 0 Å². The Morgan fingerprint density at radius 3 is 2.27 bits per heavy atom. The largest absolute Gasteiger partial charge is 0.507 e. The number of halogens is 2. The second kappa shape index (κ2) is 7.61. The molecule has 1 saturated heterocycles. The highest BCUT2D eigenvalue weighted by Crippen LogP contribution is 2.39. The smallest absolute Gasteiger partial charge is 0.295 e. The average Bonchev–Trinajstić information content (AvgIpc) is 2.88. The van der Waals surface area contributed by atoms with E-state index in [-0.39, 0.29) is 24.5 Å². The number of carbonyl (C=O) groups is 2. The molecule has 0 spiro atoms. The summed E-state index contributed by atoms with van der Waals surface area (Å²) in [6.45, 7) is -0.315. The lowest BCUT2D eigenvalue weighted by molar-refractivity contribution is -0.140. The lowest BCUT2D eigenvalue weighted by Crippen LogP contribution is -2.32. The third kappa shape index (κ3) is 3.40. The Labute approximate surface area is 163 Å². The number of aliphatic hydroxyl groups excluding tert-OH is 2. The van der Waals surface area contributed by atoms with Crippen LogP contribution in [0.4, 0.5) is 0 Å². The zero-order chi connectivity index (χ0) is 18.8. The highest BCUT2D eigenvalue weighted by atomic mass is 79.9. The molecule has 1 amide bonds. The number of hydrogen-bond acceptors (Lipinski definition) is 4. The van der Waals surface area contributed by atoms with Gasteiger partial charge in [0.15, 0.2) is 0 Å². The molecule has 0 unspecified atom stereocenters. The van der Waals surface area contributed by atoms with Crippen molar-refractivity contribution >= 4 is 45.0 Å². The van der Waals surface area contributed by atoms with Crippen LogP contribution in [0.25, 0.3) is 5.76 Å². The molecule has 0 radical (unpaired) electrons. The Bertz CT molecular complexity index is 877. The average molecular weight is 437 g/mol. The Hall–Kier alpha value is -2.15. The summed E-state index contributed by atoms with van der Waals surface area (Å²) in [5.74, 6) is -1.78. The third-order valence-electron chi connectivity index (χ3n) is 4.18. The van der Waals surface area contributed by atoms with Gasteiger partial charge < -0.3 is 15.1 Å². The van der Waals surface area contributed by atoms with Crippen molar-refractivity contribution < 1.29 is 19.8 Å². The van der Waals surface area contributed by atoms with Gasteiger partial charge in [-0.15, -0.1) is 0 Å².